The highest BCUT2D eigenvalue weighted by Crippen LogP contribution is 2.16. The summed E-state index contributed by atoms with van der Waals surface area (Å²) >= 11 is 0. The zero-order valence-corrected chi connectivity index (χ0v) is 10.7. The number of rotatable bonds is 4. The normalized spacial score (nSPS) is 26.3. The summed E-state index contributed by atoms with van der Waals surface area (Å²) < 4.78 is 5.25. The standard InChI is InChI=1S/C12H22N4O/c1-3-4-11-14-12(17-15-11)8-16-6-5-10(13)9(2)7-16/h9-10H,3-8,13H2,1-2H3. The lowest BCUT2D eigenvalue weighted by Crippen LogP contribution is -2.45. The van der Waals surface area contributed by atoms with E-state index in [4.69, 9.17) is 10.3 Å². The van der Waals surface area contributed by atoms with E-state index in [-0.39, 0.29) is 0 Å². The zero-order chi connectivity index (χ0) is 12.3. The maximum atomic E-state index is 6.00. The molecule has 2 rings (SSSR count). The Balaban J connectivity index is 1.87. The van der Waals surface area contributed by atoms with E-state index in [1.54, 1.807) is 0 Å². The van der Waals surface area contributed by atoms with Gasteiger partial charge in [0.15, 0.2) is 5.82 Å². The van der Waals surface area contributed by atoms with Crippen molar-refractivity contribution in [2.75, 3.05) is 13.1 Å². The number of aromatic nitrogens is 2. The maximum absolute atomic E-state index is 6.00. The van der Waals surface area contributed by atoms with Crippen LogP contribution in [-0.4, -0.2) is 34.2 Å². The molecule has 96 valence electrons. The molecule has 0 amide bonds. The van der Waals surface area contributed by atoms with Crippen LogP contribution in [0.1, 0.15) is 38.4 Å². The number of likely N-dealkylation sites (tertiary alicyclic amines) is 1. The number of nitrogens with two attached hydrogens (primary N) is 1. The molecule has 0 radical (unpaired) electrons. The third kappa shape index (κ3) is 3.26. The Bertz CT molecular complexity index is 352. The summed E-state index contributed by atoms with van der Waals surface area (Å²) in [5.41, 5.74) is 6.00. The van der Waals surface area contributed by atoms with Gasteiger partial charge in [-0.15, -0.1) is 0 Å². The van der Waals surface area contributed by atoms with Crippen molar-refractivity contribution in [1.82, 2.24) is 15.0 Å². The lowest BCUT2D eigenvalue weighted by atomic mass is 9.95. The van der Waals surface area contributed by atoms with Crippen molar-refractivity contribution in [3.05, 3.63) is 11.7 Å². The van der Waals surface area contributed by atoms with E-state index in [0.29, 0.717) is 12.0 Å². The Morgan fingerprint density at radius 1 is 1.53 bits per heavy atom. The van der Waals surface area contributed by atoms with Gasteiger partial charge in [0.05, 0.1) is 6.54 Å². The second-order valence-corrected chi connectivity index (χ2v) is 5.02. The van der Waals surface area contributed by atoms with Crippen molar-refractivity contribution in [2.45, 2.75) is 45.7 Å². The van der Waals surface area contributed by atoms with E-state index >= 15 is 0 Å². The van der Waals surface area contributed by atoms with Gasteiger partial charge < -0.3 is 10.3 Å². The Morgan fingerprint density at radius 2 is 2.35 bits per heavy atom. The van der Waals surface area contributed by atoms with Crippen molar-refractivity contribution < 1.29 is 4.52 Å². The Kier molecular flexibility index (Phi) is 4.12. The van der Waals surface area contributed by atoms with Gasteiger partial charge in [-0.25, -0.2) is 0 Å². The van der Waals surface area contributed by atoms with Gasteiger partial charge in [0, 0.05) is 25.6 Å². The highest BCUT2D eigenvalue weighted by atomic mass is 16.5. The SMILES string of the molecule is CCCc1noc(CN2CCC(N)C(C)C2)n1. The van der Waals surface area contributed by atoms with Crippen LogP contribution in [0.3, 0.4) is 0 Å². The molecule has 1 saturated heterocycles. The summed E-state index contributed by atoms with van der Waals surface area (Å²) in [4.78, 5) is 6.73. The molecule has 0 aromatic carbocycles. The molecule has 2 unspecified atom stereocenters. The van der Waals surface area contributed by atoms with Crippen LogP contribution in [0, 0.1) is 5.92 Å². The molecule has 5 nitrogen and oxygen atoms in total. The average molecular weight is 238 g/mol. The summed E-state index contributed by atoms with van der Waals surface area (Å²) in [6.45, 7) is 7.12. The molecule has 0 saturated carbocycles. The monoisotopic (exact) mass is 238 g/mol. The second-order valence-electron chi connectivity index (χ2n) is 5.02. The molecule has 0 spiro atoms. The van der Waals surface area contributed by atoms with Crippen LogP contribution >= 0.6 is 0 Å². The summed E-state index contributed by atoms with van der Waals surface area (Å²) in [5, 5.41) is 3.97. The average Bonchev–Trinajstić information content (AvgIpc) is 2.72. The summed E-state index contributed by atoms with van der Waals surface area (Å²) in [6, 6.07) is 0.338. The molecule has 5 heteroatoms. The van der Waals surface area contributed by atoms with Crippen molar-refractivity contribution in [1.29, 1.82) is 0 Å². The van der Waals surface area contributed by atoms with Crippen molar-refractivity contribution in [2.24, 2.45) is 11.7 Å². The quantitative estimate of drug-likeness (QED) is 0.853. The molecule has 2 heterocycles. The smallest absolute Gasteiger partial charge is 0.240 e. The molecule has 1 aliphatic rings. The molecule has 1 fully saturated rings. The van der Waals surface area contributed by atoms with Crippen LogP contribution in [0.2, 0.25) is 0 Å². The number of nitrogens with zero attached hydrogens (tertiary/aromatic N) is 3. The van der Waals surface area contributed by atoms with Crippen molar-refractivity contribution in [3.8, 4) is 0 Å². The van der Waals surface area contributed by atoms with Gasteiger partial charge >= 0.3 is 0 Å². The number of hydrogen-bond acceptors (Lipinski definition) is 5. The van der Waals surface area contributed by atoms with Gasteiger partial charge in [0.1, 0.15) is 0 Å². The molecule has 2 atom stereocenters. The Morgan fingerprint density at radius 3 is 3.06 bits per heavy atom. The van der Waals surface area contributed by atoms with Gasteiger partial charge in [-0.05, 0) is 18.8 Å². The van der Waals surface area contributed by atoms with Gasteiger partial charge in [-0.2, -0.15) is 4.98 Å². The number of aryl methyl sites for hydroxylation is 1. The summed E-state index contributed by atoms with van der Waals surface area (Å²) in [5.74, 6) is 2.10. The largest absolute Gasteiger partial charge is 0.338 e. The van der Waals surface area contributed by atoms with Gasteiger partial charge in [-0.1, -0.05) is 19.0 Å². The van der Waals surface area contributed by atoms with Gasteiger partial charge in [0.25, 0.3) is 0 Å². The lowest BCUT2D eigenvalue weighted by molar-refractivity contribution is 0.142. The minimum absolute atomic E-state index is 0.338. The van der Waals surface area contributed by atoms with E-state index in [2.05, 4.69) is 28.9 Å². The van der Waals surface area contributed by atoms with Crippen LogP contribution < -0.4 is 5.73 Å². The minimum atomic E-state index is 0.338. The van der Waals surface area contributed by atoms with Crippen LogP contribution in [0.5, 0.6) is 0 Å². The molecule has 1 aromatic rings. The summed E-state index contributed by atoms with van der Waals surface area (Å²) in [7, 11) is 0. The third-order valence-electron chi connectivity index (χ3n) is 3.40. The first kappa shape index (κ1) is 12.5. The fourth-order valence-electron chi connectivity index (χ4n) is 2.26. The second kappa shape index (κ2) is 5.60. The van der Waals surface area contributed by atoms with E-state index in [1.165, 1.54) is 0 Å². The molecule has 1 aliphatic heterocycles. The van der Waals surface area contributed by atoms with E-state index in [1.807, 2.05) is 0 Å². The van der Waals surface area contributed by atoms with Crippen LogP contribution in [-0.2, 0) is 13.0 Å². The predicted octanol–water partition coefficient (Wildman–Crippen LogP) is 1.19. The summed E-state index contributed by atoms with van der Waals surface area (Å²) in [6.07, 6.45) is 3.00. The Labute approximate surface area is 102 Å². The highest BCUT2D eigenvalue weighted by molar-refractivity contribution is 4.88. The highest BCUT2D eigenvalue weighted by Gasteiger charge is 2.24. The fraction of sp³-hybridized carbons (Fsp3) is 0.833. The first-order valence-corrected chi connectivity index (χ1v) is 6.48. The van der Waals surface area contributed by atoms with Crippen LogP contribution in [0.4, 0.5) is 0 Å². The van der Waals surface area contributed by atoms with Crippen LogP contribution in [0.15, 0.2) is 4.52 Å². The maximum Gasteiger partial charge on any atom is 0.240 e. The lowest BCUT2D eigenvalue weighted by Gasteiger charge is -2.34. The predicted molar refractivity (Wildman–Crippen MR) is 65.3 cm³/mol. The van der Waals surface area contributed by atoms with Crippen molar-refractivity contribution >= 4 is 0 Å². The number of hydrogen-bond donors (Lipinski definition) is 1. The molecular formula is C12H22N4O. The third-order valence-corrected chi connectivity index (χ3v) is 3.40. The first-order valence-electron chi connectivity index (χ1n) is 6.48. The number of piperidine rings is 1. The molecular weight excluding hydrogens is 216 g/mol. The first-order chi connectivity index (χ1) is 8.19. The molecule has 0 bridgehead atoms. The molecule has 2 N–H and O–H groups in total. The van der Waals surface area contributed by atoms with Crippen molar-refractivity contribution in [3.63, 3.8) is 0 Å². The van der Waals surface area contributed by atoms with Crippen LogP contribution in [0.25, 0.3) is 0 Å². The molecule has 17 heavy (non-hydrogen) atoms. The topological polar surface area (TPSA) is 68.2 Å². The Hall–Kier alpha value is -0.940. The zero-order valence-electron chi connectivity index (χ0n) is 10.7. The molecule has 0 aliphatic carbocycles. The van der Waals surface area contributed by atoms with E-state index in [0.717, 1.165) is 50.6 Å². The minimum Gasteiger partial charge on any atom is -0.338 e. The molecule has 1 aromatic heterocycles. The van der Waals surface area contributed by atoms with E-state index < -0.39 is 0 Å². The van der Waals surface area contributed by atoms with Gasteiger partial charge in [-0.3, -0.25) is 4.90 Å². The fourth-order valence-corrected chi connectivity index (χ4v) is 2.26. The van der Waals surface area contributed by atoms with E-state index in [9.17, 15) is 0 Å². The van der Waals surface area contributed by atoms with Gasteiger partial charge in [0.2, 0.25) is 5.89 Å².